The van der Waals surface area contributed by atoms with Gasteiger partial charge in [-0.2, -0.15) is 0 Å². The van der Waals surface area contributed by atoms with Crippen molar-refractivity contribution in [2.24, 2.45) is 0 Å². The molecule has 0 aliphatic heterocycles. The van der Waals surface area contributed by atoms with Crippen LogP contribution < -0.4 is 5.32 Å². The van der Waals surface area contributed by atoms with E-state index in [0.29, 0.717) is 6.04 Å². The lowest BCUT2D eigenvalue weighted by Crippen LogP contribution is -2.21. The highest BCUT2D eigenvalue weighted by Gasteiger charge is 2.04. The second-order valence-electron chi connectivity index (χ2n) is 4.84. The summed E-state index contributed by atoms with van der Waals surface area (Å²) in [4.78, 5) is 2.40. The van der Waals surface area contributed by atoms with Crippen LogP contribution in [0.5, 0.6) is 0 Å². The molecule has 0 atom stereocenters. The summed E-state index contributed by atoms with van der Waals surface area (Å²) in [6, 6.07) is 14.9. The Labute approximate surface area is 138 Å². The van der Waals surface area contributed by atoms with Gasteiger partial charge in [-0.25, -0.2) is 0 Å². The van der Waals surface area contributed by atoms with Gasteiger partial charge in [0.2, 0.25) is 0 Å². The zero-order chi connectivity index (χ0) is 14.5. The summed E-state index contributed by atoms with van der Waals surface area (Å²) in [5, 5.41) is 4.20. The maximum absolute atomic E-state index is 5.90. The molecule has 0 aliphatic rings. The van der Waals surface area contributed by atoms with E-state index in [1.54, 1.807) is 11.8 Å². The molecule has 0 heterocycles. The molecule has 0 fully saturated rings. The fraction of sp³-hybridized carbons (Fsp3) is 0.250. The Kier molecular flexibility index (Phi) is 5.97. The van der Waals surface area contributed by atoms with E-state index in [4.69, 9.17) is 11.6 Å². The highest BCUT2D eigenvalue weighted by molar-refractivity contribution is 9.10. The average molecular weight is 371 g/mol. The van der Waals surface area contributed by atoms with Crippen LogP contribution in [0.15, 0.2) is 56.7 Å². The third kappa shape index (κ3) is 4.81. The zero-order valence-corrected chi connectivity index (χ0v) is 14.6. The minimum Gasteiger partial charge on any atom is -0.310 e. The van der Waals surface area contributed by atoms with Gasteiger partial charge in [0.1, 0.15) is 0 Å². The number of benzene rings is 2. The highest BCUT2D eigenvalue weighted by Crippen LogP contribution is 2.31. The third-order valence-corrected chi connectivity index (χ3v) is 4.76. The maximum Gasteiger partial charge on any atom is 0.0406 e. The molecule has 0 aromatic heterocycles. The summed E-state index contributed by atoms with van der Waals surface area (Å²) >= 11 is 11.3. The van der Waals surface area contributed by atoms with E-state index < -0.39 is 0 Å². The first-order chi connectivity index (χ1) is 9.54. The first-order valence-corrected chi connectivity index (χ1v) is 8.48. The Morgan fingerprint density at radius 2 is 1.75 bits per heavy atom. The zero-order valence-electron chi connectivity index (χ0n) is 11.5. The molecule has 0 bridgehead atoms. The Hall–Kier alpha value is -0.480. The average Bonchev–Trinajstić information content (AvgIpc) is 2.40. The topological polar surface area (TPSA) is 12.0 Å². The van der Waals surface area contributed by atoms with Crippen molar-refractivity contribution in [2.75, 3.05) is 0 Å². The van der Waals surface area contributed by atoms with Gasteiger partial charge >= 0.3 is 0 Å². The quantitative estimate of drug-likeness (QED) is 0.719. The van der Waals surface area contributed by atoms with E-state index in [0.717, 1.165) is 16.0 Å². The molecule has 20 heavy (non-hydrogen) atoms. The molecule has 0 spiro atoms. The molecule has 1 N–H and O–H groups in total. The minimum atomic E-state index is 0.491. The maximum atomic E-state index is 5.90. The molecule has 0 unspecified atom stereocenters. The molecule has 0 amide bonds. The van der Waals surface area contributed by atoms with Crippen molar-refractivity contribution in [2.45, 2.75) is 36.2 Å². The molecular formula is C16H17BrClNS. The van der Waals surface area contributed by atoms with Crippen LogP contribution in [0.2, 0.25) is 5.02 Å². The van der Waals surface area contributed by atoms with E-state index in [1.807, 2.05) is 24.3 Å². The van der Waals surface area contributed by atoms with Crippen molar-refractivity contribution in [3.05, 3.63) is 57.5 Å². The number of rotatable bonds is 5. The molecular weight excluding hydrogens is 354 g/mol. The predicted octanol–water partition coefficient (Wildman–Crippen LogP) is 5.75. The van der Waals surface area contributed by atoms with Crippen LogP contribution in [0.1, 0.15) is 19.4 Å². The number of halogens is 2. The molecule has 2 aromatic carbocycles. The van der Waals surface area contributed by atoms with Gasteiger partial charge in [-0.15, -0.1) is 0 Å². The standard InChI is InChI=1S/C16H17BrClNS/c1-11(2)19-10-12-3-6-15(9-16(12)17)20-14-7-4-13(18)5-8-14/h3-9,11,19H,10H2,1-2H3. The Morgan fingerprint density at radius 3 is 2.35 bits per heavy atom. The number of hydrogen-bond donors (Lipinski definition) is 1. The highest BCUT2D eigenvalue weighted by atomic mass is 79.9. The van der Waals surface area contributed by atoms with E-state index in [9.17, 15) is 0 Å². The summed E-state index contributed by atoms with van der Waals surface area (Å²) < 4.78 is 1.14. The number of hydrogen-bond acceptors (Lipinski definition) is 2. The Balaban J connectivity index is 2.06. The van der Waals surface area contributed by atoms with Gasteiger partial charge in [0.25, 0.3) is 0 Å². The van der Waals surface area contributed by atoms with Crippen molar-refractivity contribution in [3.63, 3.8) is 0 Å². The van der Waals surface area contributed by atoms with Crippen LogP contribution in [0.3, 0.4) is 0 Å². The van der Waals surface area contributed by atoms with Crippen LogP contribution in [-0.4, -0.2) is 6.04 Å². The van der Waals surface area contributed by atoms with E-state index in [-0.39, 0.29) is 0 Å². The Morgan fingerprint density at radius 1 is 1.10 bits per heavy atom. The molecule has 0 saturated carbocycles. The molecule has 0 radical (unpaired) electrons. The summed E-state index contributed by atoms with van der Waals surface area (Å²) in [6.07, 6.45) is 0. The molecule has 106 valence electrons. The van der Waals surface area contributed by atoms with Crippen molar-refractivity contribution in [1.29, 1.82) is 0 Å². The monoisotopic (exact) mass is 369 g/mol. The van der Waals surface area contributed by atoms with Gasteiger partial charge in [0.15, 0.2) is 0 Å². The molecule has 4 heteroatoms. The second kappa shape index (κ2) is 7.51. The van der Waals surface area contributed by atoms with Crippen LogP contribution >= 0.6 is 39.3 Å². The second-order valence-corrected chi connectivity index (χ2v) is 7.28. The fourth-order valence-electron chi connectivity index (χ4n) is 1.69. The summed E-state index contributed by atoms with van der Waals surface area (Å²) in [7, 11) is 0. The van der Waals surface area contributed by atoms with Crippen LogP contribution in [0.25, 0.3) is 0 Å². The van der Waals surface area contributed by atoms with Gasteiger partial charge < -0.3 is 5.32 Å². The van der Waals surface area contributed by atoms with Crippen molar-refractivity contribution in [1.82, 2.24) is 5.32 Å². The largest absolute Gasteiger partial charge is 0.310 e. The van der Waals surface area contributed by atoms with Gasteiger partial charge in [0.05, 0.1) is 0 Å². The molecule has 0 aliphatic carbocycles. The van der Waals surface area contributed by atoms with Gasteiger partial charge in [-0.05, 0) is 42.0 Å². The summed E-state index contributed by atoms with van der Waals surface area (Å²) in [5.41, 5.74) is 1.28. The third-order valence-electron chi connectivity index (χ3n) is 2.77. The predicted molar refractivity (Wildman–Crippen MR) is 91.7 cm³/mol. The van der Waals surface area contributed by atoms with Gasteiger partial charge in [-0.3, -0.25) is 0 Å². The number of nitrogens with one attached hydrogen (secondary N) is 1. The van der Waals surface area contributed by atoms with Crippen molar-refractivity contribution >= 4 is 39.3 Å². The molecule has 1 nitrogen and oxygen atoms in total. The van der Waals surface area contributed by atoms with Crippen LogP contribution in [-0.2, 0) is 6.54 Å². The lowest BCUT2D eigenvalue weighted by Gasteiger charge is -2.11. The lowest BCUT2D eigenvalue weighted by atomic mass is 10.2. The normalized spacial score (nSPS) is 11.1. The van der Waals surface area contributed by atoms with E-state index >= 15 is 0 Å². The fourth-order valence-corrected chi connectivity index (χ4v) is 3.34. The van der Waals surface area contributed by atoms with E-state index in [1.165, 1.54) is 15.4 Å². The van der Waals surface area contributed by atoms with Crippen molar-refractivity contribution in [3.8, 4) is 0 Å². The van der Waals surface area contributed by atoms with Crippen molar-refractivity contribution < 1.29 is 0 Å². The molecule has 2 rings (SSSR count). The van der Waals surface area contributed by atoms with Gasteiger partial charge in [0, 0.05) is 31.9 Å². The lowest BCUT2D eigenvalue weighted by molar-refractivity contribution is 0.587. The van der Waals surface area contributed by atoms with Gasteiger partial charge in [-0.1, -0.05) is 59.2 Å². The van der Waals surface area contributed by atoms with Crippen LogP contribution in [0, 0.1) is 0 Å². The SMILES string of the molecule is CC(C)NCc1ccc(Sc2ccc(Cl)cc2)cc1Br. The summed E-state index contributed by atoms with van der Waals surface area (Å²) in [6.45, 7) is 5.18. The first kappa shape index (κ1) is 15.9. The van der Waals surface area contributed by atoms with E-state index in [2.05, 4.69) is 53.3 Å². The smallest absolute Gasteiger partial charge is 0.0406 e. The van der Waals surface area contributed by atoms with Crippen LogP contribution in [0.4, 0.5) is 0 Å². The minimum absolute atomic E-state index is 0.491. The Bertz CT molecular complexity index is 569. The first-order valence-electron chi connectivity index (χ1n) is 6.50. The molecule has 0 saturated heterocycles. The summed E-state index contributed by atoms with van der Waals surface area (Å²) in [5.74, 6) is 0. The molecule has 2 aromatic rings.